The van der Waals surface area contributed by atoms with Crippen molar-refractivity contribution >= 4 is 40.9 Å². The lowest BCUT2D eigenvalue weighted by molar-refractivity contribution is -0.139. The van der Waals surface area contributed by atoms with Gasteiger partial charge in [0.25, 0.3) is 11.8 Å². The zero-order chi connectivity index (χ0) is 42.5. The number of halogens is 3. The number of carboxylic acids is 1. The van der Waals surface area contributed by atoms with Crippen LogP contribution in [0.4, 0.5) is 24.5 Å². The average molecular weight is 841 g/mol. The number of hydrogen-bond acceptors (Lipinski definition) is 10. The summed E-state index contributed by atoms with van der Waals surface area (Å²) in [5.74, 6) is -0.275. The normalized spacial score (nSPS) is 11.3. The quantitative estimate of drug-likeness (QED) is 0.0538. The van der Waals surface area contributed by atoms with Gasteiger partial charge in [0.1, 0.15) is 0 Å². The number of nitrogens with zero attached hydrogens (tertiary/aromatic N) is 2. The first kappa shape index (κ1) is 46.7. The molecule has 4 aromatic rings. The minimum atomic E-state index is -4.49. The van der Waals surface area contributed by atoms with Gasteiger partial charge in [0.2, 0.25) is 0 Å². The van der Waals surface area contributed by atoms with Crippen molar-refractivity contribution in [3.8, 4) is 11.3 Å². The van der Waals surface area contributed by atoms with Crippen LogP contribution in [-0.4, -0.2) is 99.6 Å². The van der Waals surface area contributed by atoms with Crippen LogP contribution in [0.15, 0.2) is 85.1 Å². The molecular weight excluding hydrogens is 790 g/mol. The fraction of sp³-hybridized carbons (Fsp3) is 0.395. The Kier molecular flexibility index (Phi) is 19.6. The summed E-state index contributed by atoms with van der Waals surface area (Å²) in [6.45, 7) is 8.57. The molecule has 1 aromatic heterocycles. The maximum Gasteiger partial charge on any atom is 0.416 e. The Morgan fingerprint density at radius 3 is 2.07 bits per heavy atom. The van der Waals surface area contributed by atoms with E-state index in [1.807, 2.05) is 50.2 Å². The zero-order valence-corrected chi connectivity index (χ0v) is 34.0. The Morgan fingerprint density at radius 2 is 1.39 bits per heavy atom. The third kappa shape index (κ3) is 16.3. The molecular formula is C43H51F3N4O8S. The van der Waals surface area contributed by atoms with Crippen molar-refractivity contribution in [3.05, 3.63) is 113 Å². The van der Waals surface area contributed by atoms with Crippen LogP contribution in [-0.2, 0) is 42.2 Å². The van der Waals surface area contributed by atoms with Crippen molar-refractivity contribution in [2.45, 2.75) is 38.7 Å². The van der Waals surface area contributed by atoms with Gasteiger partial charge >= 0.3 is 12.1 Å². The largest absolute Gasteiger partial charge is 0.481 e. The molecule has 0 saturated heterocycles. The lowest BCUT2D eigenvalue weighted by atomic mass is 10.0. The molecule has 0 aliphatic carbocycles. The molecule has 1 heterocycles. The fourth-order valence-corrected chi connectivity index (χ4v) is 6.52. The number of anilines is 2. The van der Waals surface area contributed by atoms with Crippen LogP contribution in [0.5, 0.6) is 0 Å². The van der Waals surface area contributed by atoms with Crippen LogP contribution < -0.4 is 15.5 Å². The number of nitrogens with one attached hydrogen (secondary N) is 2. The average Bonchev–Trinajstić information content (AvgIpc) is 3.23. The Labute approximate surface area is 346 Å². The van der Waals surface area contributed by atoms with Gasteiger partial charge in [-0.2, -0.15) is 24.9 Å². The highest BCUT2D eigenvalue weighted by atomic mass is 32.2. The zero-order valence-electron chi connectivity index (χ0n) is 33.2. The van der Waals surface area contributed by atoms with Crippen LogP contribution in [0.3, 0.4) is 0 Å². The Morgan fingerprint density at radius 1 is 0.746 bits per heavy atom. The number of benzene rings is 3. The van der Waals surface area contributed by atoms with Gasteiger partial charge in [-0.15, -0.1) is 0 Å². The molecule has 3 N–H and O–H groups in total. The fourth-order valence-electron chi connectivity index (χ4n) is 5.73. The number of rotatable bonds is 26. The molecule has 0 aliphatic rings. The molecule has 59 heavy (non-hydrogen) atoms. The molecule has 0 fully saturated rings. The summed E-state index contributed by atoms with van der Waals surface area (Å²) in [4.78, 5) is 44.0. The predicted molar refractivity (Wildman–Crippen MR) is 222 cm³/mol. The van der Waals surface area contributed by atoms with Crippen LogP contribution >= 0.6 is 11.8 Å². The molecule has 16 heteroatoms. The van der Waals surface area contributed by atoms with Gasteiger partial charge in [0.15, 0.2) is 0 Å². The smallest absolute Gasteiger partial charge is 0.416 e. The summed E-state index contributed by atoms with van der Waals surface area (Å²) in [5.41, 5.74) is 3.65. The Balaban J connectivity index is 1.29. The third-order valence-corrected chi connectivity index (χ3v) is 9.78. The van der Waals surface area contributed by atoms with Crippen LogP contribution in [0.2, 0.25) is 0 Å². The van der Waals surface area contributed by atoms with E-state index in [-0.39, 0.29) is 31.0 Å². The molecule has 4 rings (SSSR count). The van der Waals surface area contributed by atoms with Crippen molar-refractivity contribution in [1.29, 1.82) is 0 Å². The van der Waals surface area contributed by atoms with E-state index >= 15 is 0 Å². The topological polar surface area (TPSA) is 149 Å². The first-order valence-electron chi connectivity index (χ1n) is 19.3. The van der Waals surface area contributed by atoms with Crippen LogP contribution in [0, 0.1) is 0 Å². The molecule has 0 radical (unpaired) electrons. The first-order valence-corrected chi connectivity index (χ1v) is 20.4. The SMILES string of the molecule is CCN(CC)c1ccc(NC(=O)c2cccc(CSCCOCCOCCOCCOCCC(=O)O)c2)c(-c2cc(C(=O)NCc3cccc(C(F)(F)F)c3)ccn2)c1. The summed E-state index contributed by atoms with van der Waals surface area (Å²) in [6, 6.07) is 21.0. The van der Waals surface area contributed by atoms with E-state index in [0.717, 1.165) is 42.2 Å². The molecule has 0 saturated carbocycles. The molecule has 12 nitrogen and oxygen atoms in total. The van der Waals surface area contributed by atoms with Gasteiger partial charge in [-0.1, -0.05) is 24.3 Å². The highest BCUT2D eigenvalue weighted by Crippen LogP contribution is 2.33. The number of aliphatic carboxylic acids is 1. The van der Waals surface area contributed by atoms with Crippen LogP contribution in [0.1, 0.15) is 57.7 Å². The number of carbonyl (C=O) groups is 3. The van der Waals surface area contributed by atoms with E-state index < -0.39 is 23.6 Å². The Bertz CT molecular complexity index is 1950. The second-order valence-electron chi connectivity index (χ2n) is 13.0. The summed E-state index contributed by atoms with van der Waals surface area (Å²) >= 11 is 1.68. The molecule has 0 spiro atoms. The van der Waals surface area contributed by atoms with E-state index in [4.69, 9.17) is 24.1 Å². The lowest BCUT2D eigenvalue weighted by Gasteiger charge is -2.23. The van der Waals surface area contributed by atoms with Crippen LogP contribution in [0.25, 0.3) is 11.3 Å². The van der Waals surface area contributed by atoms with Crippen molar-refractivity contribution < 1.29 is 51.6 Å². The van der Waals surface area contributed by atoms with Gasteiger partial charge in [0.05, 0.1) is 76.2 Å². The maximum absolute atomic E-state index is 13.6. The second kappa shape index (κ2) is 24.8. The number of aromatic nitrogens is 1. The first-order chi connectivity index (χ1) is 28.5. The lowest BCUT2D eigenvalue weighted by Crippen LogP contribution is -2.23. The number of thioether (sulfide) groups is 1. The van der Waals surface area contributed by atoms with Crippen molar-refractivity contribution in [2.24, 2.45) is 0 Å². The highest BCUT2D eigenvalue weighted by Gasteiger charge is 2.30. The summed E-state index contributed by atoms with van der Waals surface area (Å²) < 4.78 is 61.3. The summed E-state index contributed by atoms with van der Waals surface area (Å²) in [5, 5.41) is 14.3. The molecule has 0 unspecified atom stereocenters. The minimum absolute atomic E-state index is 0.0308. The van der Waals surface area contributed by atoms with Gasteiger partial charge < -0.3 is 39.6 Å². The molecule has 3 aromatic carbocycles. The number of alkyl halides is 3. The number of ether oxygens (including phenoxy) is 4. The maximum atomic E-state index is 13.6. The number of carbonyl (C=O) groups excluding carboxylic acids is 2. The van der Waals surface area contributed by atoms with Gasteiger partial charge in [-0.3, -0.25) is 19.4 Å². The van der Waals surface area contributed by atoms with E-state index in [2.05, 4.69) is 20.5 Å². The Hall–Kier alpha value is -5.00. The molecule has 0 bridgehead atoms. The number of pyridine rings is 1. The van der Waals surface area contributed by atoms with E-state index in [0.29, 0.717) is 80.1 Å². The monoisotopic (exact) mass is 840 g/mol. The minimum Gasteiger partial charge on any atom is -0.481 e. The summed E-state index contributed by atoms with van der Waals surface area (Å²) in [7, 11) is 0. The second-order valence-corrected chi connectivity index (χ2v) is 14.1. The third-order valence-electron chi connectivity index (χ3n) is 8.79. The number of carboxylic acid groups (broad SMARTS) is 1. The molecule has 0 atom stereocenters. The van der Waals surface area contributed by atoms with Gasteiger partial charge in [-0.05, 0) is 79.6 Å². The standard InChI is InChI=1S/C43H51F3N4O8S/c1-3-50(4-2)36-11-12-38(37(28-36)39-27-34(13-15-47-39)41(53)48-29-31-7-6-10-35(26-31)43(44,45)46)49-42(54)33-9-5-8-32(25-33)30-59-24-23-58-22-21-57-20-19-56-18-17-55-16-14-40(51)52/h5-13,15,25-28H,3-4,14,16-24,29-30H2,1-2H3,(H,48,53)(H,49,54)(H,51,52). The number of amides is 2. The van der Waals surface area contributed by atoms with Crippen molar-refractivity contribution in [2.75, 3.05) is 81.9 Å². The van der Waals surface area contributed by atoms with E-state index in [9.17, 15) is 27.6 Å². The van der Waals surface area contributed by atoms with Gasteiger partial charge in [0, 0.05) is 59.7 Å². The molecule has 2 amide bonds. The van der Waals surface area contributed by atoms with E-state index in [1.165, 1.54) is 24.4 Å². The number of hydrogen-bond donors (Lipinski definition) is 3. The molecule has 318 valence electrons. The van der Waals surface area contributed by atoms with Crippen molar-refractivity contribution in [1.82, 2.24) is 10.3 Å². The van der Waals surface area contributed by atoms with Crippen molar-refractivity contribution in [3.63, 3.8) is 0 Å². The molecule has 0 aliphatic heterocycles. The summed E-state index contributed by atoms with van der Waals surface area (Å²) in [6.07, 6.45) is -3.04. The van der Waals surface area contributed by atoms with E-state index in [1.54, 1.807) is 23.9 Å². The highest BCUT2D eigenvalue weighted by molar-refractivity contribution is 7.98. The predicted octanol–water partition coefficient (Wildman–Crippen LogP) is 7.57. The van der Waals surface area contributed by atoms with Gasteiger partial charge in [-0.25, -0.2) is 0 Å².